The molecular weight excluding hydrogens is 176 g/mol. The lowest BCUT2D eigenvalue weighted by molar-refractivity contribution is -0.118. The van der Waals surface area contributed by atoms with E-state index in [1.165, 1.54) is 6.08 Å². The normalized spacial score (nSPS) is 26.7. The Balaban J connectivity index is 2.46. The lowest BCUT2D eigenvalue weighted by Gasteiger charge is -2.31. The summed E-state index contributed by atoms with van der Waals surface area (Å²) in [6.45, 7) is 2.48. The van der Waals surface area contributed by atoms with Gasteiger partial charge in [0.05, 0.1) is 0 Å². The van der Waals surface area contributed by atoms with Crippen LogP contribution in [-0.2, 0) is 4.79 Å². The molecule has 3 heteroatoms. The fourth-order valence-electron chi connectivity index (χ4n) is 1.59. The quantitative estimate of drug-likeness (QED) is 0.522. The van der Waals surface area contributed by atoms with Crippen LogP contribution in [0.15, 0.2) is 24.3 Å². The maximum Gasteiger partial charge on any atom is 0.244 e. The smallest absolute Gasteiger partial charge is 0.244 e. The zero-order valence-corrected chi connectivity index (χ0v) is 8.62. The van der Waals surface area contributed by atoms with Crippen LogP contribution in [0, 0.1) is 0 Å². The molecule has 1 amide bonds. The van der Waals surface area contributed by atoms with E-state index < -0.39 is 0 Å². The molecule has 14 heavy (non-hydrogen) atoms. The molecule has 0 aromatic carbocycles. The van der Waals surface area contributed by atoms with Gasteiger partial charge in [-0.05, 0) is 26.2 Å². The van der Waals surface area contributed by atoms with Gasteiger partial charge in [0, 0.05) is 18.2 Å². The molecule has 0 spiro atoms. The number of amides is 1. The molecule has 1 atom stereocenters. The van der Waals surface area contributed by atoms with Gasteiger partial charge < -0.3 is 11.1 Å². The van der Waals surface area contributed by atoms with Crippen molar-refractivity contribution in [2.45, 2.75) is 31.7 Å². The van der Waals surface area contributed by atoms with Gasteiger partial charge in [-0.2, -0.15) is 0 Å². The predicted octanol–water partition coefficient (Wildman–Crippen LogP) is 1.12. The van der Waals surface area contributed by atoms with Crippen molar-refractivity contribution < 1.29 is 4.79 Å². The number of allylic oxidation sites excluding steroid dienone is 1. The van der Waals surface area contributed by atoms with E-state index in [2.05, 4.69) is 24.4 Å². The third-order valence-electron chi connectivity index (χ3n) is 2.43. The fraction of sp³-hybridized carbons (Fsp3) is 0.545. The molecular formula is C11H18N2O. The summed E-state index contributed by atoms with van der Waals surface area (Å²) in [6, 6.07) is 0. The number of hydrogen-bond donors (Lipinski definition) is 2. The molecule has 0 aromatic heterocycles. The number of carbonyl (C=O) groups is 1. The van der Waals surface area contributed by atoms with Crippen molar-refractivity contribution in [3.05, 3.63) is 24.3 Å². The van der Waals surface area contributed by atoms with Crippen LogP contribution in [0.2, 0.25) is 0 Å². The Kier molecular flexibility index (Phi) is 3.89. The van der Waals surface area contributed by atoms with Crippen molar-refractivity contribution in [2.75, 3.05) is 6.54 Å². The number of nitrogens with two attached hydrogens (primary N) is 1. The van der Waals surface area contributed by atoms with E-state index in [4.69, 9.17) is 5.73 Å². The van der Waals surface area contributed by atoms with E-state index >= 15 is 0 Å². The Morgan fingerprint density at radius 2 is 2.43 bits per heavy atom. The van der Waals surface area contributed by atoms with E-state index in [0.717, 1.165) is 19.3 Å². The van der Waals surface area contributed by atoms with E-state index in [-0.39, 0.29) is 11.4 Å². The number of nitrogens with one attached hydrogen (secondary N) is 1. The van der Waals surface area contributed by atoms with Gasteiger partial charge in [0.15, 0.2) is 0 Å². The summed E-state index contributed by atoms with van der Waals surface area (Å²) >= 11 is 0. The second kappa shape index (κ2) is 4.96. The second-order valence-electron chi connectivity index (χ2n) is 3.90. The minimum Gasteiger partial charge on any atom is -0.347 e. The predicted molar refractivity (Wildman–Crippen MR) is 57.7 cm³/mol. The van der Waals surface area contributed by atoms with Gasteiger partial charge >= 0.3 is 0 Å². The molecule has 0 heterocycles. The molecule has 0 fully saturated rings. The highest BCUT2D eigenvalue weighted by Crippen LogP contribution is 2.22. The van der Waals surface area contributed by atoms with Crippen molar-refractivity contribution in [3.8, 4) is 0 Å². The van der Waals surface area contributed by atoms with Crippen LogP contribution in [0.5, 0.6) is 0 Å². The Morgan fingerprint density at radius 3 is 3.00 bits per heavy atom. The molecule has 1 unspecified atom stereocenters. The van der Waals surface area contributed by atoms with Crippen LogP contribution >= 0.6 is 0 Å². The summed E-state index contributed by atoms with van der Waals surface area (Å²) < 4.78 is 0. The zero-order chi connectivity index (χ0) is 10.4. The molecule has 1 rings (SSSR count). The number of carbonyl (C=O) groups excluding carboxylic acids is 1. The maximum absolute atomic E-state index is 11.4. The van der Waals surface area contributed by atoms with Gasteiger partial charge in [-0.15, -0.1) is 0 Å². The van der Waals surface area contributed by atoms with Crippen LogP contribution in [0.3, 0.4) is 0 Å². The van der Waals surface area contributed by atoms with Crippen LogP contribution in [-0.4, -0.2) is 18.0 Å². The molecule has 0 saturated heterocycles. The Hall–Kier alpha value is -1.09. The van der Waals surface area contributed by atoms with Crippen molar-refractivity contribution in [3.63, 3.8) is 0 Å². The maximum atomic E-state index is 11.4. The summed E-state index contributed by atoms with van der Waals surface area (Å²) in [7, 11) is 0. The highest BCUT2D eigenvalue weighted by Gasteiger charge is 2.25. The molecule has 0 aliphatic heterocycles. The van der Waals surface area contributed by atoms with E-state index in [0.29, 0.717) is 6.54 Å². The standard InChI is InChI=1S/C11H18N2O/c1-11(7-3-2-4-8-11)13-10(14)6-5-9-12/h2-3,5-6H,4,7-9,12H2,1H3,(H,13,14)/b6-5+. The van der Waals surface area contributed by atoms with Gasteiger partial charge in [0.25, 0.3) is 0 Å². The van der Waals surface area contributed by atoms with Crippen molar-refractivity contribution in [2.24, 2.45) is 5.73 Å². The van der Waals surface area contributed by atoms with E-state index in [1.807, 2.05) is 0 Å². The van der Waals surface area contributed by atoms with E-state index in [9.17, 15) is 4.79 Å². The van der Waals surface area contributed by atoms with Crippen molar-refractivity contribution >= 4 is 5.91 Å². The highest BCUT2D eigenvalue weighted by molar-refractivity contribution is 5.88. The van der Waals surface area contributed by atoms with Crippen molar-refractivity contribution in [1.29, 1.82) is 0 Å². The molecule has 0 radical (unpaired) electrons. The SMILES string of the molecule is CC1(NC(=O)/C=C/CN)CC=CCC1. The van der Waals surface area contributed by atoms with Gasteiger partial charge in [0.2, 0.25) is 5.91 Å². The minimum absolute atomic E-state index is 0.0479. The summed E-state index contributed by atoms with van der Waals surface area (Å²) in [6.07, 6.45) is 10.4. The average molecular weight is 194 g/mol. The van der Waals surface area contributed by atoms with Crippen LogP contribution in [0.25, 0.3) is 0 Å². The Labute approximate surface area is 85.1 Å². The molecule has 3 N–H and O–H groups in total. The summed E-state index contributed by atoms with van der Waals surface area (Å²) in [5.74, 6) is -0.0479. The monoisotopic (exact) mass is 194 g/mol. The average Bonchev–Trinajstić information content (AvgIpc) is 2.15. The van der Waals surface area contributed by atoms with Gasteiger partial charge in [-0.1, -0.05) is 18.2 Å². The zero-order valence-electron chi connectivity index (χ0n) is 8.62. The first-order chi connectivity index (χ1) is 6.66. The molecule has 1 aliphatic rings. The summed E-state index contributed by atoms with van der Waals surface area (Å²) in [5.41, 5.74) is 5.19. The molecule has 1 aliphatic carbocycles. The van der Waals surface area contributed by atoms with Crippen LogP contribution < -0.4 is 11.1 Å². The molecule has 0 bridgehead atoms. The Morgan fingerprint density at radius 1 is 1.64 bits per heavy atom. The Bertz CT molecular complexity index is 258. The van der Waals surface area contributed by atoms with E-state index in [1.54, 1.807) is 6.08 Å². The first-order valence-corrected chi connectivity index (χ1v) is 5.00. The number of hydrogen-bond acceptors (Lipinski definition) is 2. The first-order valence-electron chi connectivity index (χ1n) is 5.00. The summed E-state index contributed by atoms with van der Waals surface area (Å²) in [4.78, 5) is 11.4. The first kappa shape index (κ1) is 11.0. The molecule has 0 aromatic rings. The largest absolute Gasteiger partial charge is 0.347 e. The van der Waals surface area contributed by atoms with Crippen molar-refractivity contribution in [1.82, 2.24) is 5.32 Å². The molecule has 78 valence electrons. The molecule has 3 nitrogen and oxygen atoms in total. The summed E-state index contributed by atoms with van der Waals surface area (Å²) in [5, 5.41) is 3.00. The van der Waals surface area contributed by atoms with Gasteiger partial charge in [-0.3, -0.25) is 4.79 Å². The third-order valence-corrected chi connectivity index (χ3v) is 2.43. The third kappa shape index (κ3) is 3.34. The number of rotatable bonds is 3. The van der Waals surface area contributed by atoms with Gasteiger partial charge in [-0.25, -0.2) is 0 Å². The highest BCUT2D eigenvalue weighted by atomic mass is 16.1. The van der Waals surface area contributed by atoms with Crippen LogP contribution in [0.4, 0.5) is 0 Å². The lowest BCUT2D eigenvalue weighted by atomic mass is 9.87. The van der Waals surface area contributed by atoms with Gasteiger partial charge in [0.1, 0.15) is 0 Å². The molecule has 0 saturated carbocycles. The topological polar surface area (TPSA) is 55.1 Å². The minimum atomic E-state index is -0.0786. The second-order valence-corrected chi connectivity index (χ2v) is 3.90. The van der Waals surface area contributed by atoms with Crippen LogP contribution in [0.1, 0.15) is 26.2 Å². The lowest BCUT2D eigenvalue weighted by Crippen LogP contribution is -2.45. The fourth-order valence-corrected chi connectivity index (χ4v) is 1.59.